The molecule has 0 saturated carbocycles. The number of ether oxygens (including phenoxy) is 1. The average molecular weight is 332 g/mol. The van der Waals surface area contributed by atoms with E-state index in [9.17, 15) is 4.79 Å². The Hall–Kier alpha value is -2.00. The van der Waals surface area contributed by atoms with Gasteiger partial charge in [-0.1, -0.05) is 48.0 Å². The number of carbonyl (C=O) groups excluding carboxylic acids is 1. The molecular weight excluding hydrogens is 310 g/mol. The lowest BCUT2D eigenvalue weighted by atomic mass is 10.1. The number of hydrogen-bond donors (Lipinski definition) is 1. The first-order valence-corrected chi connectivity index (χ1v) is 8.19. The lowest BCUT2D eigenvalue weighted by Gasteiger charge is -2.16. The number of benzene rings is 2. The largest absolute Gasteiger partial charge is 0.481 e. The van der Waals surface area contributed by atoms with Crippen molar-refractivity contribution in [1.29, 1.82) is 0 Å². The first kappa shape index (κ1) is 17.4. The molecule has 2 aromatic rings. The van der Waals surface area contributed by atoms with Crippen LogP contribution in [0.5, 0.6) is 5.75 Å². The molecule has 1 atom stereocenters. The zero-order valence-electron chi connectivity index (χ0n) is 13.5. The Bertz CT molecular complexity index is 657. The summed E-state index contributed by atoms with van der Waals surface area (Å²) in [6, 6.07) is 15.5. The minimum atomic E-state index is -0.517. The standard InChI is InChI=1S/C19H22ClNO2/c1-14-8-3-6-12-18(14)23-15(2)19(22)21-13-7-10-16-9-4-5-11-17(16)20/h3-6,8-9,11-12,15H,7,10,13H2,1-2H3,(H,21,22)/t15-/m0/s1. The molecule has 0 aliphatic heterocycles. The maximum absolute atomic E-state index is 12.1. The van der Waals surface area contributed by atoms with Crippen LogP contribution in [0.3, 0.4) is 0 Å². The van der Waals surface area contributed by atoms with Crippen molar-refractivity contribution in [3.05, 3.63) is 64.7 Å². The van der Waals surface area contributed by atoms with Crippen LogP contribution in [0.4, 0.5) is 0 Å². The van der Waals surface area contributed by atoms with Crippen LogP contribution in [0, 0.1) is 6.92 Å². The molecule has 2 rings (SSSR count). The van der Waals surface area contributed by atoms with E-state index in [1.165, 1.54) is 0 Å². The van der Waals surface area contributed by atoms with Gasteiger partial charge in [-0.2, -0.15) is 0 Å². The fourth-order valence-electron chi connectivity index (χ4n) is 2.27. The average Bonchev–Trinajstić information content (AvgIpc) is 2.55. The Morgan fingerprint density at radius 3 is 2.61 bits per heavy atom. The Balaban J connectivity index is 1.74. The van der Waals surface area contributed by atoms with E-state index in [-0.39, 0.29) is 5.91 Å². The first-order valence-electron chi connectivity index (χ1n) is 7.81. The van der Waals surface area contributed by atoms with Crippen LogP contribution in [0.25, 0.3) is 0 Å². The molecule has 4 heteroatoms. The number of aryl methyl sites for hydroxylation is 2. The minimum Gasteiger partial charge on any atom is -0.481 e. The molecule has 2 aromatic carbocycles. The monoisotopic (exact) mass is 331 g/mol. The second-order valence-electron chi connectivity index (χ2n) is 5.51. The van der Waals surface area contributed by atoms with Crippen molar-refractivity contribution >= 4 is 17.5 Å². The predicted molar refractivity (Wildman–Crippen MR) is 94.1 cm³/mol. The van der Waals surface area contributed by atoms with Gasteiger partial charge < -0.3 is 10.1 Å². The van der Waals surface area contributed by atoms with Crippen LogP contribution in [-0.4, -0.2) is 18.6 Å². The van der Waals surface area contributed by atoms with Crippen molar-refractivity contribution in [2.45, 2.75) is 32.8 Å². The summed E-state index contributed by atoms with van der Waals surface area (Å²) in [5.41, 5.74) is 2.12. The summed E-state index contributed by atoms with van der Waals surface area (Å²) in [7, 11) is 0. The van der Waals surface area contributed by atoms with Crippen LogP contribution in [-0.2, 0) is 11.2 Å². The van der Waals surface area contributed by atoms with Crippen LogP contribution in [0.15, 0.2) is 48.5 Å². The normalized spacial score (nSPS) is 11.8. The highest BCUT2D eigenvalue weighted by molar-refractivity contribution is 6.31. The molecule has 0 radical (unpaired) electrons. The van der Waals surface area contributed by atoms with Crippen molar-refractivity contribution in [2.24, 2.45) is 0 Å². The Labute approximate surface area is 142 Å². The van der Waals surface area contributed by atoms with Gasteiger partial charge in [-0.15, -0.1) is 0 Å². The van der Waals surface area contributed by atoms with E-state index in [1.54, 1.807) is 6.92 Å². The van der Waals surface area contributed by atoms with Crippen LogP contribution in [0.1, 0.15) is 24.5 Å². The Kier molecular flexibility index (Phi) is 6.48. The summed E-state index contributed by atoms with van der Waals surface area (Å²) in [5.74, 6) is 0.638. The van der Waals surface area contributed by atoms with Crippen molar-refractivity contribution in [3.63, 3.8) is 0 Å². The van der Waals surface area contributed by atoms with Crippen LogP contribution < -0.4 is 10.1 Å². The molecule has 0 aliphatic rings. The molecule has 1 amide bonds. The van der Waals surface area contributed by atoms with E-state index in [0.717, 1.165) is 34.7 Å². The molecule has 23 heavy (non-hydrogen) atoms. The maximum atomic E-state index is 12.1. The van der Waals surface area contributed by atoms with Gasteiger partial charge in [0.2, 0.25) is 0 Å². The third-order valence-electron chi connectivity index (χ3n) is 3.65. The van der Waals surface area contributed by atoms with E-state index in [4.69, 9.17) is 16.3 Å². The second kappa shape index (κ2) is 8.59. The number of halogens is 1. The van der Waals surface area contributed by atoms with Crippen LogP contribution >= 0.6 is 11.6 Å². The SMILES string of the molecule is Cc1ccccc1O[C@@H](C)C(=O)NCCCc1ccccc1Cl. The molecule has 0 heterocycles. The second-order valence-corrected chi connectivity index (χ2v) is 5.92. The van der Waals surface area contributed by atoms with E-state index in [0.29, 0.717) is 6.54 Å². The molecule has 0 aromatic heterocycles. The fraction of sp³-hybridized carbons (Fsp3) is 0.316. The van der Waals surface area contributed by atoms with E-state index < -0.39 is 6.10 Å². The highest BCUT2D eigenvalue weighted by Crippen LogP contribution is 2.18. The van der Waals surface area contributed by atoms with Gasteiger partial charge in [-0.25, -0.2) is 0 Å². The van der Waals surface area contributed by atoms with Gasteiger partial charge in [0.15, 0.2) is 6.10 Å². The summed E-state index contributed by atoms with van der Waals surface area (Å²) in [6.07, 6.45) is 1.16. The highest BCUT2D eigenvalue weighted by Gasteiger charge is 2.14. The number of amides is 1. The van der Waals surface area contributed by atoms with Gasteiger partial charge in [-0.05, 0) is 49.9 Å². The van der Waals surface area contributed by atoms with Crippen molar-refractivity contribution in [3.8, 4) is 5.75 Å². The Morgan fingerprint density at radius 1 is 1.17 bits per heavy atom. The van der Waals surface area contributed by atoms with Gasteiger partial charge in [0.1, 0.15) is 5.75 Å². The number of rotatable bonds is 7. The van der Waals surface area contributed by atoms with E-state index in [2.05, 4.69) is 5.32 Å². The summed E-state index contributed by atoms with van der Waals surface area (Å²) in [6.45, 7) is 4.32. The van der Waals surface area contributed by atoms with E-state index >= 15 is 0 Å². The summed E-state index contributed by atoms with van der Waals surface area (Å²) >= 11 is 6.11. The molecule has 0 saturated heterocycles. The van der Waals surface area contributed by atoms with Gasteiger partial charge in [0.25, 0.3) is 5.91 Å². The smallest absolute Gasteiger partial charge is 0.260 e. The van der Waals surface area contributed by atoms with Gasteiger partial charge in [-0.3, -0.25) is 4.79 Å². The lowest BCUT2D eigenvalue weighted by molar-refractivity contribution is -0.127. The maximum Gasteiger partial charge on any atom is 0.260 e. The fourth-order valence-corrected chi connectivity index (χ4v) is 2.50. The third kappa shape index (κ3) is 5.29. The molecule has 1 N–H and O–H groups in total. The Morgan fingerprint density at radius 2 is 1.87 bits per heavy atom. The topological polar surface area (TPSA) is 38.3 Å². The van der Waals surface area contributed by atoms with Gasteiger partial charge in [0.05, 0.1) is 0 Å². The van der Waals surface area contributed by atoms with Gasteiger partial charge in [0, 0.05) is 11.6 Å². The van der Waals surface area contributed by atoms with Gasteiger partial charge >= 0.3 is 0 Å². The number of nitrogens with one attached hydrogen (secondary N) is 1. The predicted octanol–water partition coefficient (Wildman–Crippen LogP) is 4.16. The van der Waals surface area contributed by atoms with Crippen molar-refractivity contribution in [2.75, 3.05) is 6.54 Å². The van der Waals surface area contributed by atoms with Crippen molar-refractivity contribution in [1.82, 2.24) is 5.32 Å². The molecule has 0 unspecified atom stereocenters. The first-order chi connectivity index (χ1) is 11.1. The number of para-hydroxylation sites is 1. The summed E-state index contributed by atoms with van der Waals surface area (Å²) in [4.78, 5) is 12.1. The molecular formula is C19H22ClNO2. The number of carbonyl (C=O) groups is 1. The summed E-state index contributed by atoms with van der Waals surface area (Å²) < 4.78 is 5.71. The molecule has 0 aliphatic carbocycles. The quantitative estimate of drug-likeness (QED) is 0.773. The minimum absolute atomic E-state index is 0.104. The molecule has 122 valence electrons. The molecule has 3 nitrogen and oxygen atoms in total. The van der Waals surface area contributed by atoms with Crippen LogP contribution in [0.2, 0.25) is 5.02 Å². The zero-order chi connectivity index (χ0) is 16.7. The number of hydrogen-bond acceptors (Lipinski definition) is 2. The van der Waals surface area contributed by atoms with E-state index in [1.807, 2.05) is 55.5 Å². The molecule has 0 spiro atoms. The zero-order valence-corrected chi connectivity index (χ0v) is 14.3. The summed E-state index contributed by atoms with van der Waals surface area (Å²) in [5, 5.41) is 3.68. The lowest BCUT2D eigenvalue weighted by Crippen LogP contribution is -2.37. The van der Waals surface area contributed by atoms with Crippen molar-refractivity contribution < 1.29 is 9.53 Å². The molecule has 0 bridgehead atoms. The molecule has 0 fully saturated rings. The highest BCUT2D eigenvalue weighted by atomic mass is 35.5. The third-order valence-corrected chi connectivity index (χ3v) is 4.02.